The molecule has 0 radical (unpaired) electrons. The fraction of sp³-hybridized carbons (Fsp3) is 0.579. The van der Waals surface area contributed by atoms with E-state index in [0.29, 0.717) is 18.9 Å². The molecule has 2 N–H and O–H groups in total. The molecule has 0 bridgehead atoms. The molecule has 5 nitrogen and oxygen atoms in total. The van der Waals surface area contributed by atoms with Crippen LogP contribution in [-0.2, 0) is 11.2 Å². The van der Waals surface area contributed by atoms with E-state index in [1.54, 1.807) is 7.05 Å². The number of piperidine rings is 1. The first-order valence-corrected chi connectivity index (χ1v) is 9.10. The highest BCUT2D eigenvalue weighted by Gasteiger charge is 2.22. The van der Waals surface area contributed by atoms with Crippen molar-refractivity contribution < 1.29 is 9.18 Å². The standard InChI is InChI=1S/C19H29FN4O/c1-3-22-19(23-11-8-15-4-6-17(20)7-5-15)24-12-9-16(10-13-24)14-18(25)21-2/h4-7,16H,3,8-14H2,1-2H3,(H,21,25)(H,22,23). The Labute approximate surface area is 149 Å². The SMILES string of the molecule is CCNC(=NCCc1ccc(F)cc1)N1CCC(CC(=O)NC)CC1. The molecule has 0 unspecified atom stereocenters. The molecule has 2 rings (SSSR count). The maximum absolute atomic E-state index is 12.9. The molecule has 1 aliphatic heterocycles. The summed E-state index contributed by atoms with van der Waals surface area (Å²) >= 11 is 0. The van der Waals surface area contributed by atoms with Crippen molar-refractivity contribution in [2.24, 2.45) is 10.9 Å². The van der Waals surface area contributed by atoms with Gasteiger partial charge in [-0.25, -0.2) is 4.39 Å². The van der Waals surface area contributed by atoms with E-state index in [0.717, 1.165) is 50.4 Å². The Morgan fingerprint density at radius 1 is 1.28 bits per heavy atom. The van der Waals surface area contributed by atoms with Crippen LogP contribution in [0.15, 0.2) is 29.3 Å². The van der Waals surface area contributed by atoms with Crippen LogP contribution in [0.1, 0.15) is 31.7 Å². The highest BCUT2D eigenvalue weighted by molar-refractivity contribution is 5.80. The van der Waals surface area contributed by atoms with Gasteiger partial charge in [0.1, 0.15) is 5.82 Å². The van der Waals surface area contributed by atoms with Gasteiger partial charge in [0.15, 0.2) is 5.96 Å². The third kappa shape index (κ3) is 6.36. The van der Waals surface area contributed by atoms with Gasteiger partial charge in [0.25, 0.3) is 0 Å². The third-order valence-electron chi connectivity index (χ3n) is 4.58. The zero-order chi connectivity index (χ0) is 18.1. The van der Waals surface area contributed by atoms with Gasteiger partial charge in [0.2, 0.25) is 5.91 Å². The molecule has 1 fully saturated rings. The van der Waals surface area contributed by atoms with E-state index < -0.39 is 0 Å². The number of amides is 1. The smallest absolute Gasteiger partial charge is 0.220 e. The number of likely N-dealkylation sites (tertiary alicyclic amines) is 1. The summed E-state index contributed by atoms with van der Waals surface area (Å²) in [5.41, 5.74) is 1.09. The van der Waals surface area contributed by atoms with Crippen LogP contribution in [-0.4, -0.2) is 50.0 Å². The Hall–Kier alpha value is -2.11. The lowest BCUT2D eigenvalue weighted by atomic mass is 9.93. The Morgan fingerprint density at radius 2 is 1.96 bits per heavy atom. The number of carbonyl (C=O) groups is 1. The molecule has 1 aromatic rings. The van der Waals surface area contributed by atoms with Crippen LogP contribution in [0.25, 0.3) is 0 Å². The highest BCUT2D eigenvalue weighted by atomic mass is 19.1. The highest BCUT2D eigenvalue weighted by Crippen LogP contribution is 2.20. The van der Waals surface area contributed by atoms with Crippen molar-refractivity contribution in [1.29, 1.82) is 0 Å². The van der Waals surface area contributed by atoms with Crippen molar-refractivity contribution in [1.82, 2.24) is 15.5 Å². The van der Waals surface area contributed by atoms with Crippen LogP contribution in [0.4, 0.5) is 4.39 Å². The van der Waals surface area contributed by atoms with Crippen molar-refractivity contribution in [3.05, 3.63) is 35.6 Å². The minimum Gasteiger partial charge on any atom is -0.359 e. The topological polar surface area (TPSA) is 56.7 Å². The lowest BCUT2D eigenvalue weighted by Gasteiger charge is -2.34. The molecule has 25 heavy (non-hydrogen) atoms. The van der Waals surface area contributed by atoms with Gasteiger partial charge in [-0.2, -0.15) is 0 Å². The van der Waals surface area contributed by atoms with Crippen LogP contribution in [0.2, 0.25) is 0 Å². The first-order chi connectivity index (χ1) is 12.1. The van der Waals surface area contributed by atoms with Gasteiger partial charge in [0, 0.05) is 39.6 Å². The molecule has 1 saturated heterocycles. The van der Waals surface area contributed by atoms with Crippen molar-refractivity contribution in [3.8, 4) is 0 Å². The van der Waals surface area contributed by atoms with Crippen molar-refractivity contribution in [2.45, 2.75) is 32.6 Å². The molecule has 0 saturated carbocycles. The largest absolute Gasteiger partial charge is 0.359 e. The number of benzene rings is 1. The fourth-order valence-corrected chi connectivity index (χ4v) is 3.08. The van der Waals surface area contributed by atoms with Crippen LogP contribution in [0.3, 0.4) is 0 Å². The number of rotatable bonds is 6. The molecule has 1 heterocycles. The number of nitrogens with one attached hydrogen (secondary N) is 2. The summed E-state index contributed by atoms with van der Waals surface area (Å²) in [5, 5.41) is 6.05. The van der Waals surface area contributed by atoms with E-state index in [4.69, 9.17) is 4.99 Å². The molecule has 6 heteroatoms. The molecule has 0 atom stereocenters. The number of nitrogens with zero attached hydrogens (tertiary/aromatic N) is 2. The second-order valence-corrected chi connectivity index (χ2v) is 6.42. The van der Waals surface area contributed by atoms with Crippen LogP contribution >= 0.6 is 0 Å². The molecule has 1 aromatic carbocycles. The van der Waals surface area contributed by atoms with Crippen molar-refractivity contribution >= 4 is 11.9 Å². The van der Waals surface area contributed by atoms with Gasteiger partial charge >= 0.3 is 0 Å². The van der Waals surface area contributed by atoms with Gasteiger partial charge in [-0.3, -0.25) is 9.79 Å². The molecular formula is C19H29FN4O. The van der Waals surface area contributed by atoms with Gasteiger partial charge in [-0.1, -0.05) is 12.1 Å². The van der Waals surface area contributed by atoms with E-state index in [-0.39, 0.29) is 11.7 Å². The van der Waals surface area contributed by atoms with Gasteiger partial charge in [0.05, 0.1) is 0 Å². The van der Waals surface area contributed by atoms with E-state index >= 15 is 0 Å². The predicted octanol–water partition coefficient (Wildman–Crippen LogP) is 2.18. The molecule has 0 aliphatic carbocycles. The average molecular weight is 348 g/mol. The minimum absolute atomic E-state index is 0.123. The Balaban J connectivity index is 1.85. The summed E-state index contributed by atoms with van der Waals surface area (Å²) in [6.45, 7) is 5.40. The van der Waals surface area contributed by atoms with E-state index in [1.807, 2.05) is 12.1 Å². The number of carbonyl (C=O) groups excluding carboxylic acids is 1. The zero-order valence-electron chi connectivity index (χ0n) is 15.2. The second kappa shape index (κ2) is 10.0. The molecular weight excluding hydrogens is 319 g/mol. The maximum atomic E-state index is 12.9. The summed E-state index contributed by atoms with van der Waals surface area (Å²) in [5.74, 6) is 1.31. The second-order valence-electron chi connectivity index (χ2n) is 6.42. The van der Waals surface area contributed by atoms with Crippen molar-refractivity contribution in [3.63, 3.8) is 0 Å². The Kier molecular flexibility index (Phi) is 7.70. The van der Waals surface area contributed by atoms with Crippen LogP contribution < -0.4 is 10.6 Å². The predicted molar refractivity (Wildman–Crippen MR) is 99.1 cm³/mol. The quantitative estimate of drug-likeness (QED) is 0.612. The number of aliphatic imine (C=N–C) groups is 1. The lowest BCUT2D eigenvalue weighted by Crippen LogP contribution is -2.46. The fourth-order valence-electron chi connectivity index (χ4n) is 3.08. The molecule has 138 valence electrons. The Bertz CT molecular complexity index is 565. The first-order valence-electron chi connectivity index (χ1n) is 9.10. The summed E-state index contributed by atoms with van der Waals surface area (Å²) in [6.07, 6.45) is 3.43. The lowest BCUT2D eigenvalue weighted by molar-refractivity contribution is -0.121. The molecule has 1 aliphatic rings. The zero-order valence-corrected chi connectivity index (χ0v) is 15.2. The summed E-state index contributed by atoms with van der Waals surface area (Å²) in [6, 6.07) is 6.59. The summed E-state index contributed by atoms with van der Waals surface area (Å²) in [7, 11) is 1.69. The van der Waals surface area contributed by atoms with E-state index in [9.17, 15) is 9.18 Å². The summed E-state index contributed by atoms with van der Waals surface area (Å²) in [4.78, 5) is 18.5. The van der Waals surface area contributed by atoms with E-state index in [1.165, 1.54) is 12.1 Å². The van der Waals surface area contributed by atoms with Gasteiger partial charge in [-0.15, -0.1) is 0 Å². The van der Waals surface area contributed by atoms with E-state index in [2.05, 4.69) is 22.5 Å². The average Bonchev–Trinajstić information content (AvgIpc) is 2.63. The normalized spacial score (nSPS) is 16.0. The third-order valence-corrected chi connectivity index (χ3v) is 4.58. The minimum atomic E-state index is -0.208. The molecule has 1 amide bonds. The van der Waals surface area contributed by atoms with Gasteiger partial charge in [-0.05, 0) is 49.8 Å². The first kappa shape index (κ1) is 19.2. The molecule has 0 spiro atoms. The number of hydrogen-bond donors (Lipinski definition) is 2. The number of hydrogen-bond acceptors (Lipinski definition) is 2. The number of guanidine groups is 1. The number of halogens is 1. The molecule has 0 aromatic heterocycles. The van der Waals surface area contributed by atoms with Crippen LogP contribution in [0.5, 0.6) is 0 Å². The summed E-state index contributed by atoms with van der Waals surface area (Å²) < 4.78 is 12.9. The maximum Gasteiger partial charge on any atom is 0.220 e. The van der Waals surface area contributed by atoms with Gasteiger partial charge < -0.3 is 15.5 Å². The van der Waals surface area contributed by atoms with Crippen molar-refractivity contribution in [2.75, 3.05) is 33.2 Å². The van der Waals surface area contributed by atoms with Crippen LogP contribution in [0, 0.1) is 11.7 Å². The Morgan fingerprint density at radius 3 is 2.56 bits per heavy atom. The monoisotopic (exact) mass is 348 g/mol.